The maximum absolute atomic E-state index is 12.9. The highest BCUT2D eigenvalue weighted by atomic mass is 32.1. The van der Waals surface area contributed by atoms with Gasteiger partial charge < -0.3 is 10.1 Å². The fraction of sp³-hybridized carbons (Fsp3) is 0.550. The highest BCUT2D eigenvalue weighted by Crippen LogP contribution is 2.35. The van der Waals surface area contributed by atoms with Gasteiger partial charge >= 0.3 is 0 Å². The number of thiazole rings is 1. The van der Waals surface area contributed by atoms with E-state index in [1.54, 1.807) is 30.8 Å². The van der Waals surface area contributed by atoms with Crippen LogP contribution in [0.5, 0.6) is 0 Å². The molecule has 26 heavy (non-hydrogen) atoms. The van der Waals surface area contributed by atoms with Gasteiger partial charge in [0.2, 0.25) is 5.91 Å². The highest BCUT2D eigenvalue weighted by molar-refractivity contribution is 7.15. The molecule has 1 fully saturated rings. The summed E-state index contributed by atoms with van der Waals surface area (Å²) in [6.07, 6.45) is 10.5. The lowest BCUT2D eigenvalue weighted by Gasteiger charge is -2.32. The Kier molecular flexibility index (Phi) is 5.05. The number of hydrogen-bond donors (Lipinski definition) is 1. The fourth-order valence-electron chi connectivity index (χ4n) is 4.22. The molecule has 0 radical (unpaired) electrons. The van der Waals surface area contributed by atoms with Crippen molar-refractivity contribution in [3.8, 4) is 10.6 Å². The van der Waals surface area contributed by atoms with Crippen molar-refractivity contribution in [2.75, 3.05) is 13.7 Å². The quantitative estimate of drug-likeness (QED) is 0.875. The average Bonchev–Trinajstić information content (AvgIpc) is 3.29. The average molecular weight is 372 g/mol. The van der Waals surface area contributed by atoms with Crippen molar-refractivity contribution in [3.05, 3.63) is 35.1 Å². The third-order valence-electron chi connectivity index (χ3n) is 5.61. The Morgan fingerprint density at radius 1 is 1.35 bits per heavy atom. The zero-order valence-corrected chi connectivity index (χ0v) is 16.0. The number of rotatable bonds is 5. The van der Waals surface area contributed by atoms with E-state index < -0.39 is 0 Å². The first-order valence-corrected chi connectivity index (χ1v) is 10.2. The molecule has 138 valence electrons. The van der Waals surface area contributed by atoms with Gasteiger partial charge in [-0.05, 0) is 37.8 Å². The van der Waals surface area contributed by atoms with E-state index in [9.17, 15) is 4.79 Å². The summed E-state index contributed by atoms with van der Waals surface area (Å²) in [6.45, 7) is 0.611. The van der Waals surface area contributed by atoms with Crippen LogP contribution in [0.25, 0.3) is 10.6 Å². The number of carbonyl (C=O) groups is 1. The Labute approximate surface area is 158 Å². The smallest absolute Gasteiger partial charge is 0.224 e. The van der Waals surface area contributed by atoms with Crippen LogP contribution in [0.15, 0.2) is 24.5 Å². The van der Waals surface area contributed by atoms with E-state index in [-0.39, 0.29) is 17.4 Å². The Hall–Kier alpha value is -1.79. The molecule has 1 saturated carbocycles. The Morgan fingerprint density at radius 3 is 2.85 bits per heavy atom. The van der Waals surface area contributed by atoms with E-state index >= 15 is 0 Å². The largest absolute Gasteiger partial charge is 0.382 e. The molecule has 1 unspecified atom stereocenters. The number of pyridine rings is 1. The van der Waals surface area contributed by atoms with Crippen LogP contribution in [0.3, 0.4) is 0 Å². The van der Waals surface area contributed by atoms with Crippen LogP contribution >= 0.6 is 11.3 Å². The van der Waals surface area contributed by atoms with Crippen LogP contribution < -0.4 is 5.32 Å². The normalized spacial score (nSPS) is 21.3. The second kappa shape index (κ2) is 7.45. The Morgan fingerprint density at radius 2 is 2.12 bits per heavy atom. The van der Waals surface area contributed by atoms with Gasteiger partial charge in [0.05, 0.1) is 17.8 Å². The van der Waals surface area contributed by atoms with Gasteiger partial charge in [-0.3, -0.25) is 9.78 Å². The van der Waals surface area contributed by atoms with E-state index in [4.69, 9.17) is 9.72 Å². The Balaban J connectivity index is 1.46. The number of aromatic nitrogens is 2. The molecule has 2 heterocycles. The number of nitrogens with one attached hydrogen (secondary N) is 1. The van der Waals surface area contributed by atoms with Crippen molar-refractivity contribution >= 4 is 17.2 Å². The minimum Gasteiger partial charge on any atom is -0.382 e. The molecule has 0 bridgehead atoms. The minimum absolute atomic E-state index is 0.0178. The number of aryl methyl sites for hydroxylation is 1. The number of nitrogens with zero attached hydrogens (tertiary/aromatic N) is 2. The SMILES string of the molecule is COCC1(NC(=O)C2CCc3sc(-c4ccncc4)nc3C2)CCCC1. The summed E-state index contributed by atoms with van der Waals surface area (Å²) in [7, 11) is 1.72. The van der Waals surface area contributed by atoms with Gasteiger partial charge in [0.1, 0.15) is 5.01 Å². The van der Waals surface area contributed by atoms with Gasteiger partial charge in [-0.1, -0.05) is 12.8 Å². The molecule has 6 heteroatoms. The predicted molar refractivity (Wildman–Crippen MR) is 102 cm³/mol. The zero-order chi connectivity index (χ0) is 18.0. The van der Waals surface area contributed by atoms with Gasteiger partial charge in [-0.2, -0.15) is 0 Å². The summed E-state index contributed by atoms with van der Waals surface area (Å²) in [5.41, 5.74) is 2.04. The molecule has 1 N–H and O–H groups in total. The van der Waals surface area contributed by atoms with Crippen LogP contribution in [0.1, 0.15) is 42.7 Å². The first kappa shape index (κ1) is 17.6. The summed E-state index contributed by atoms with van der Waals surface area (Å²) >= 11 is 1.75. The summed E-state index contributed by atoms with van der Waals surface area (Å²) in [4.78, 5) is 23.1. The Bertz CT molecular complexity index is 769. The lowest BCUT2D eigenvalue weighted by atomic mass is 9.88. The van der Waals surface area contributed by atoms with Crippen LogP contribution in [0.4, 0.5) is 0 Å². The zero-order valence-electron chi connectivity index (χ0n) is 15.2. The molecule has 2 aromatic rings. The third kappa shape index (κ3) is 3.53. The molecular formula is C20H25N3O2S. The van der Waals surface area contributed by atoms with Crippen molar-refractivity contribution in [2.24, 2.45) is 5.92 Å². The highest BCUT2D eigenvalue weighted by Gasteiger charge is 2.38. The predicted octanol–water partition coefficient (Wildman–Crippen LogP) is 3.39. The summed E-state index contributed by atoms with van der Waals surface area (Å²) in [6, 6.07) is 3.98. The van der Waals surface area contributed by atoms with Crippen LogP contribution in [-0.4, -0.2) is 35.1 Å². The minimum atomic E-state index is -0.156. The van der Waals surface area contributed by atoms with Crippen LogP contribution in [0, 0.1) is 5.92 Å². The second-order valence-corrected chi connectivity index (χ2v) is 8.56. The van der Waals surface area contributed by atoms with Crippen LogP contribution in [0.2, 0.25) is 0 Å². The molecule has 2 aliphatic carbocycles. The van der Waals surface area contributed by atoms with Crippen molar-refractivity contribution in [2.45, 2.75) is 50.5 Å². The lowest BCUT2D eigenvalue weighted by molar-refractivity contribution is -0.128. The first-order valence-electron chi connectivity index (χ1n) is 9.39. The molecule has 0 aliphatic heterocycles. The number of ether oxygens (including phenoxy) is 1. The molecular weight excluding hydrogens is 346 g/mol. The number of methoxy groups -OCH3 is 1. The van der Waals surface area contributed by atoms with Crippen molar-refractivity contribution < 1.29 is 9.53 Å². The molecule has 0 saturated heterocycles. The molecule has 1 amide bonds. The third-order valence-corrected chi connectivity index (χ3v) is 6.81. The number of carbonyl (C=O) groups excluding carboxylic acids is 1. The van der Waals surface area contributed by atoms with Gasteiger partial charge in [-0.15, -0.1) is 11.3 Å². The van der Waals surface area contributed by atoms with Crippen LogP contribution in [-0.2, 0) is 22.4 Å². The molecule has 2 aromatic heterocycles. The second-order valence-electron chi connectivity index (χ2n) is 7.47. The lowest BCUT2D eigenvalue weighted by Crippen LogP contribution is -2.52. The molecule has 1 atom stereocenters. The van der Waals surface area contributed by atoms with E-state index in [0.29, 0.717) is 6.61 Å². The topological polar surface area (TPSA) is 64.1 Å². The van der Waals surface area contributed by atoms with Crippen molar-refractivity contribution in [1.82, 2.24) is 15.3 Å². The molecule has 0 spiro atoms. The summed E-state index contributed by atoms with van der Waals surface area (Å²) < 4.78 is 5.40. The van der Waals surface area contributed by atoms with E-state index in [1.165, 1.54) is 17.7 Å². The number of fused-ring (bicyclic) bond motifs is 1. The standard InChI is InChI=1S/C20H25N3O2S/c1-25-13-20(8-2-3-9-20)23-18(24)15-4-5-17-16(12-15)22-19(26-17)14-6-10-21-11-7-14/h6-7,10-11,15H,2-5,8-9,12-13H2,1H3,(H,23,24). The van der Waals surface area contributed by atoms with Crippen molar-refractivity contribution in [1.29, 1.82) is 0 Å². The van der Waals surface area contributed by atoms with Gasteiger partial charge in [0.25, 0.3) is 0 Å². The van der Waals surface area contributed by atoms with E-state index in [2.05, 4.69) is 10.3 Å². The maximum Gasteiger partial charge on any atom is 0.224 e. The fourth-order valence-corrected chi connectivity index (χ4v) is 5.33. The molecule has 4 rings (SSSR count). The maximum atomic E-state index is 12.9. The molecule has 0 aromatic carbocycles. The van der Waals surface area contributed by atoms with E-state index in [0.717, 1.165) is 48.4 Å². The summed E-state index contributed by atoms with van der Waals surface area (Å²) in [5.74, 6) is 0.192. The van der Waals surface area contributed by atoms with E-state index in [1.807, 2.05) is 12.1 Å². The van der Waals surface area contributed by atoms with Gasteiger partial charge in [-0.25, -0.2) is 4.98 Å². The number of hydrogen-bond acceptors (Lipinski definition) is 5. The molecule has 2 aliphatic rings. The first-order chi connectivity index (χ1) is 12.7. The monoisotopic (exact) mass is 371 g/mol. The summed E-state index contributed by atoms with van der Waals surface area (Å²) in [5, 5.41) is 4.37. The van der Waals surface area contributed by atoms with Crippen molar-refractivity contribution in [3.63, 3.8) is 0 Å². The van der Waals surface area contributed by atoms with Gasteiger partial charge in [0.15, 0.2) is 0 Å². The number of amides is 1. The van der Waals surface area contributed by atoms with Gasteiger partial charge in [0, 0.05) is 42.3 Å². The molecule has 5 nitrogen and oxygen atoms in total.